The van der Waals surface area contributed by atoms with E-state index >= 15 is 0 Å². The molecule has 0 spiro atoms. The molecule has 0 atom stereocenters. The molecule has 0 nitrogen and oxygen atoms in total. The maximum atomic E-state index is 2.29. The largest absolute Gasteiger partial charge is 0.108 e. The van der Waals surface area contributed by atoms with Gasteiger partial charge in [0.2, 0.25) is 0 Å². The average molecular weight is 431 g/mol. The summed E-state index contributed by atoms with van der Waals surface area (Å²) in [5, 5.41) is 0. The minimum Gasteiger partial charge on any atom is -0.108 e. The van der Waals surface area contributed by atoms with Crippen molar-refractivity contribution in [2.75, 3.05) is 37.0 Å². The van der Waals surface area contributed by atoms with E-state index in [2.05, 4.69) is 41.5 Å². The molecule has 0 aliphatic heterocycles. The van der Waals surface area contributed by atoms with Gasteiger partial charge < -0.3 is 0 Å². The van der Waals surface area contributed by atoms with Gasteiger partial charge in [0.1, 0.15) is 0 Å². The van der Waals surface area contributed by atoms with E-state index in [0.717, 1.165) is 0 Å². The molecule has 0 bridgehead atoms. The van der Waals surface area contributed by atoms with Crippen LogP contribution >= 0.6 is 15.8 Å². The van der Waals surface area contributed by atoms with E-state index in [1.165, 1.54) is 37.0 Å². The van der Waals surface area contributed by atoms with Gasteiger partial charge in [-0.25, -0.2) is 0 Å². The Morgan fingerprint density at radius 1 is 0.467 bits per heavy atom. The van der Waals surface area contributed by atoms with Gasteiger partial charge in [-0.05, 0) is 37.0 Å². The van der Waals surface area contributed by atoms with Gasteiger partial charge >= 0.3 is 0 Å². The molecular formula is C12H30P2Pt. The van der Waals surface area contributed by atoms with Crippen LogP contribution in [0.2, 0.25) is 0 Å². The quantitative estimate of drug-likeness (QED) is 0.516. The zero-order valence-electron chi connectivity index (χ0n) is 11.5. The van der Waals surface area contributed by atoms with Crippen LogP contribution in [-0.4, -0.2) is 37.0 Å². The normalized spacial score (nSPS) is 9.60. The third kappa shape index (κ3) is 15.5. The summed E-state index contributed by atoms with van der Waals surface area (Å²) in [4.78, 5) is 0. The summed E-state index contributed by atoms with van der Waals surface area (Å²) in [5.74, 6) is 0. The first-order valence-corrected chi connectivity index (χ1v) is 9.93. The monoisotopic (exact) mass is 431 g/mol. The topological polar surface area (TPSA) is 0 Å². The molecule has 0 saturated carbocycles. The molecule has 0 saturated heterocycles. The summed E-state index contributed by atoms with van der Waals surface area (Å²) >= 11 is 0. The van der Waals surface area contributed by atoms with E-state index in [9.17, 15) is 0 Å². The maximum absolute atomic E-state index is 2.29. The Hall–Kier alpha value is 1.55. The minimum atomic E-state index is 0. The van der Waals surface area contributed by atoms with Gasteiger partial charge in [-0.1, -0.05) is 41.5 Å². The van der Waals surface area contributed by atoms with Gasteiger partial charge in [-0.15, -0.1) is 15.8 Å². The molecule has 0 fully saturated rings. The Bertz CT molecular complexity index is 68.6. The Kier molecular flexibility index (Phi) is 26.0. The fourth-order valence-electron chi connectivity index (χ4n) is 1.34. The first-order chi connectivity index (χ1) is 6.69. The Morgan fingerprint density at radius 3 is 0.600 bits per heavy atom. The van der Waals surface area contributed by atoms with Crippen molar-refractivity contribution in [3.05, 3.63) is 0 Å². The van der Waals surface area contributed by atoms with Crippen molar-refractivity contribution >= 4 is 15.8 Å². The predicted molar refractivity (Wildman–Crippen MR) is 77.1 cm³/mol. The summed E-state index contributed by atoms with van der Waals surface area (Å²) < 4.78 is 0. The van der Waals surface area contributed by atoms with Crippen LogP contribution in [0.25, 0.3) is 0 Å². The van der Waals surface area contributed by atoms with Crippen LogP contribution in [0.4, 0.5) is 0 Å². The summed E-state index contributed by atoms with van der Waals surface area (Å²) in [6, 6.07) is 0. The zero-order chi connectivity index (χ0) is 11.4. The first-order valence-electron chi connectivity index (χ1n) is 6.14. The van der Waals surface area contributed by atoms with Crippen LogP contribution in [0.1, 0.15) is 41.5 Å². The fraction of sp³-hybridized carbons (Fsp3) is 1.00. The summed E-state index contributed by atoms with van der Waals surface area (Å²) in [6.45, 7) is 13.7. The van der Waals surface area contributed by atoms with Crippen molar-refractivity contribution in [1.29, 1.82) is 0 Å². The molecule has 0 N–H and O–H groups in total. The summed E-state index contributed by atoms with van der Waals surface area (Å²) in [5.41, 5.74) is 0. The second-order valence-electron chi connectivity index (χ2n) is 3.24. The minimum absolute atomic E-state index is 0. The Balaban J connectivity index is -0.000000180. The van der Waals surface area contributed by atoms with Crippen molar-refractivity contribution in [3.63, 3.8) is 0 Å². The molecule has 0 heterocycles. The molecule has 15 heavy (non-hydrogen) atoms. The van der Waals surface area contributed by atoms with E-state index in [0.29, 0.717) is 15.8 Å². The van der Waals surface area contributed by atoms with Crippen molar-refractivity contribution < 1.29 is 21.1 Å². The van der Waals surface area contributed by atoms with Crippen LogP contribution in [0.5, 0.6) is 0 Å². The molecular weight excluding hydrogens is 401 g/mol. The molecule has 0 aliphatic rings. The Labute approximate surface area is 115 Å². The van der Waals surface area contributed by atoms with Gasteiger partial charge in [0.25, 0.3) is 0 Å². The molecule has 98 valence electrons. The molecule has 0 aromatic carbocycles. The molecule has 0 radical (unpaired) electrons. The molecule has 0 rings (SSSR count). The molecule has 0 amide bonds. The van der Waals surface area contributed by atoms with Crippen molar-refractivity contribution in [2.24, 2.45) is 0 Å². The van der Waals surface area contributed by atoms with Gasteiger partial charge in [0.15, 0.2) is 0 Å². The van der Waals surface area contributed by atoms with E-state index in [-0.39, 0.29) is 21.1 Å². The summed E-state index contributed by atoms with van der Waals surface area (Å²) in [7, 11) is 0.892. The second-order valence-corrected chi connectivity index (χ2v) is 9.72. The third-order valence-electron chi connectivity index (χ3n) is 2.68. The number of hydrogen-bond donors (Lipinski definition) is 0. The summed E-state index contributed by atoms with van der Waals surface area (Å²) in [6.07, 6.45) is 8.51. The van der Waals surface area contributed by atoms with Crippen molar-refractivity contribution in [2.45, 2.75) is 41.5 Å². The SMILES string of the molecule is CCP(CC)CC.CCP(CC)CC.[Pt]. The average Bonchev–Trinajstić information content (AvgIpc) is 2.24. The second kappa shape index (κ2) is 17.9. The molecule has 0 aliphatic carbocycles. The van der Waals surface area contributed by atoms with Gasteiger partial charge in [-0.2, -0.15) is 0 Å². The van der Waals surface area contributed by atoms with E-state index in [1.54, 1.807) is 0 Å². The zero-order valence-corrected chi connectivity index (χ0v) is 15.5. The van der Waals surface area contributed by atoms with Crippen LogP contribution < -0.4 is 0 Å². The van der Waals surface area contributed by atoms with Gasteiger partial charge in [-0.3, -0.25) is 0 Å². The van der Waals surface area contributed by atoms with Gasteiger partial charge in [0.05, 0.1) is 0 Å². The number of rotatable bonds is 6. The molecule has 0 aromatic heterocycles. The van der Waals surface area contributed by atoms with E-state index < -0.39 is 0 Å². The Morgan fingerprint density at radius 2 is 0.600 bits per heavy atom. The van der Waals surface area contributed by atoms with E-state index in [4.69, 9.17) is 0 Å². The standard InChI is InChI=1S/2C6H15P.Pt/c2*1-4-7(5-2)6-3;/h2*4-6H2,1-3H3;. The fourth-order valence-corrected chi connectivity index (χ4v) is 4.02. The smallest absolute Gasteiger partial charge is 0 e. The maximum Gasteiger partial charge on any atom is 0 e. The van der Waals surface area contributed by atoms with Crippen molar-refractivity contribution in [3.8, 4) is 0 Å². The molecule has 3 heteroatoms. The third-order valence-corrected chi connectivity index (χ3v) is 8.05. The molecule has 0 aromatic rings. The van der Waals surface area contributed by atoms with Crippen LogP contribution in [0, 0.1) is 0 Å². The van der Waals surface area contributed by atoms with Crippen LogP contribution in [0.15, 0.2) is 0 Å². The predicted octanol–water partition coefficient (Wildman–Crippen LogP) is 5.05. The molecule has 0 unspecified atom stereocenters. The van der Waals surface area contributed by atoms with Crippen molar-refractivity contribution in [1.82, 2.24) is 0 Å². The first kappa shape index (κ1) is 21.8. The van der Waals surface area contributed by atoms with E-state index in [1.807, 2.05) is 0 Å². The van der Waals surface area contributed by atoms with Crippen LogP contribution in [-0.2, 0) is 21.1 Å². The number of hydrogen-bond acceptors (Lipinski definition) is 0. The van der Waals surface area contributed by atoms with Crippen LogP contribution in [0.3, 0.4) is 0 Å². The van der Waals surface area contributed by atoms with Gasteiger partial charge in [0, 0.05) is 21.1 Å².